The van der Waals surface area contributed by atoms with Gasteiger partial charge in [0.2, 0.25) is 0 Å². The molecule has 0 atom stereocenters. The number of hydrogen-bond acceptors (Lipinski definition) is 2. The molecule has 0 amide bonds. The lowest BCUT2D eigenvalue weighted by atomic mass is 9.98. The summed E-state index contributed by atoms with van der Waals surface area (Å²) in [4.78, 5) is 0. The Kier molecular flexibility index (Phi) is 2.71. The Labute approximate surface area is 107 Å². The molecule has 2 nitrogen and oxygen atoms in total. The summed E-state index contributed by atoms with van der Waals surface area (Å²) in [7, 11) is 1.70. The quantitative estimate of drug-likeness (QED) is 0.794. The fourth-order valence-corrected chi connectivity index (χ4v) is 2.42. The van der Waals surface area contributed by atoms with E-state index in [1.807, 2.05) is 24.8 Å². The van der Waals surface area contributed by atoms with Gasteiger partial charge in [0.1, 0.15) is 18.1 Å². The van der Waals surface area contributed by atoms with Crippen molar-refractivity contribution in [1.82, 2.24) is 0 Å². The summed E-state index contributed by atoms with van der Waals surface area (Å²) in [5, 5.41) is 0. The highest BCUT2D eigenvalue weighted by molar-refractivity contribution is 5.78. The number of methoxy groups -OCH3 is 1. The maximum Gasteiger partial charge on any atom is 0.140 e. The van der Waals surface area contributed by atoms with E-state index < -0.39 is 0 Å². The summed E-state index contributed by atoms with van der Waals surface area (Å²) >= 11 is 0. The Hall–Kier alpha value is -1.96. The molecule has 1 radical (unpaired) electrons. The van der Waals surface area contributed by atoms with Crippen molar-refractivity contribution < 1.29 is 9.47 Å². The van der Waals surface area contributed by atoms with Crippen LogP contribution in [0.1, 0.15) is 11.1 Å². The third-order valence-corrected chi connectivity index (χ3v) is 3.21. The summed E-state index contributed by atoms with van der Waals surface area (Å²) in [6, 6.07) is 12.4. The van der Waals surface area contributed by atoms with E-state index in [0.717, 1.165) is 29.0 Å². The molecule has 1 aliphatic rings. The molecule has 0 aromatic heterocycles. The smallest absolute Gasteiger partial charge is 0.140 e. The third-order valence-electron chi connectivity index (χ3n) is 3.21. The van der Waals surface area contributed by atoms with Crippen LogP contribution in [0.25, 0.3) is 11.1 Å². The minimum Gasteiger partial charge on any atom is -0.496 e. The molecule has 3 rings (SSSR count). The second-order valence-corrected chi connectivity index (χ2v) is 4.49. The zero-order chi connectivity index (χ0) is 12.5. The van der Waals surface area contributed by atoms with Crippen LogP contribution in [-0.2, 0) is 6.42 Å². The van der Waals surface area contributed by atoms with Gasteiger partial charge in [-0.25, -0.2) is 0 Å². The first kappa shape index (κ1) is 11.1. The Morgan fingerprint density at radius 3 is 2.78 bits per heavy atom. The molecule has 0 saturated heterocycles. The van der Waals surface area contributed by atoms with E-state index in [4.69, 9.17) is 9.47 Å². The molecule has 0 N–H and O–H groups in total. The first-order valence-electron chi connectivity index (χ1n) is 6.05. The van der Waals surface area contributed by atoms with Crippen LogP contribution >= 0.6 is 0 Å². The van der Waals surface area contributed by atoms with E-state index in [2.05, 4.69) is 25.1 Å². The van der Waals surface area contributed by atoms with Crippen molar-refractivity contribution in [3.05, 3.63) is 54.1 Å². The third kappa shape index (κ3) is 1.74. The number of ether oxygens (including phenoxy) is 2. The molecule has 0 unspecified atom stereocenters. The average molecular weight is 239 g/mol. The van der Waals surface area contributed by atoms with Crippen LogP contribution < -0.4 is 9.47 Å². The van der Waals surface area contributed by atoms with Gasteiger partial charge in [-0.05, 0) is 30.2 Å². The van der Waals surface area contributed by atoms with Crippen LogP contribution in [0.2, 0.25) is 0 Å². The zero-order valence-electron chi connectivity index (χ0n) is 10.6. The monoisotopic (exact) mass is 239 g/mol. The molecule has 1 aliphatic heterocycles. The first-order valence-corrected chi connectivity index (χ1v) is 6.05. The van der Waals surface area contributed by atoms with Gasteiger partial charge < -0.3 is 9.47 Å². The molecule has 0 bridgehead atoms. The Morgan fingerprint density at radius 1 is 1.11 bits per heavy atom. The molecule has 0 aliphatic carbocycles. The van der Waals surface area contributed by atoms with Gasteiger partial charge in [-0.15, -0.1) is 0 Å². The summed E-state index contributed by atoms with van der Waals surface area (Å²) in [6.07, 6.45) is 0.874. The SMILES string of the molecule is COc1ccccc1-c1cc(C)cc2c1O[CH]C2. The predicted molar refractivity (Wildman–Crippen MR) is 71.8 cm³/mol. The van der Waals surface area contributed by atoms with Crippen molar-refractivity contribution >= 4 is 0 Å². The van der Waals surface area contributed by atoms with Crippen molar-refractivity contribution in [2.24, 2.45) is 0 Å². The predicted octanol–water partition coefficient (Wildman–Crippen LogP) is 3.77. The van der Waals surface area contributed by atoms with Gasteiger partial charge in [-0.3, -0.25) is 0 Å². The number of hydrogen-bond donors (Lipinski definition) is 0. The lowest BCUT2D eigenvalue weighted by Gasteiger charge is -2.12. The van der Waals surface area contributed by atoms with Gasteiger partial charge >= 0.3 is 0 Å². The maximum atomic E-state index is 5.66. The van der Waals surface area contributed by atoms with Gasteiger partial charge in [-0.2, -0.15) is 0 Å². The molecule has 0 fully saturated rings. The fraction of sp³-hybridized carbons (Fsp3) is 0.188. The Morgan fingerprint density at radius 2 is 1.94 bits per heavy atom. The Bertz CT molecular complexity index is 588. The van der Waals surface area contributed by atoms with Gasteiger partial charge in [0.15, 0.2) is 0 Å². The van der Waals surface area contributed by atoms with Crippen molar-refractivity contribution in [2.75, 3.05) is 7.11 Å². The summed E-state index contributed by atoms with van der Waals surface area (Å²) in [5.74, 6) is 1.84. The van der Waals surface area contributed by atoms with Crippen molar-refractivity contribution in [2.45, 2.75) is 13.3 Å². The van der Waals surface area contributed by atoms with E-state index >= 15 is 0 Å². The standard InChI is InChI=1S/C16H15O2/c1-11-9-12-7-8-18-16(12)14(10-11)13-5-3-4-6-15(13)17-2/h3-6,8-10H,7H2,1-2H3. The number of fused-ring (bicyclic) bond motifs is 1. The normalized spacial score (nSPS) is 13.0. The van der Waals surface area contributed by atoms with Crippen LogP contribution in [-0.4, -0.2) is 7.11 Å². The van der Waals surface area contributed by atoms with Gasteiger partial charge in [0, 0.05) is 17.5 Å². The topological polar surface area (TPSA) is 18.5 Å². The van der Waals surface area contributed by atoms with E-state index in [-0.39, 0.29) is 0 Å². The van der Waals surface area contributed by atoms with E-state index in [1.54, 1.807) is 7.11 Å². The highest BCUT2D eigenvalue weighted by atomic mass is 16.5. The van der Waals surface area contributed by atoms with E-state index in [1.165, 1.54) is 11.1 Å². The van der Waals surface area contributed by atoms with Gasteiger partial charge in [0.25, 0.3) is 0 Å². The first-order chi connectivity index (χ1) is 8.79. The molecule has 0 saturated carbocycles. The van der Waals surface area contributed by atoms with Crippen LogP contribution in [0.5, 0.6) is 11.5 Å². The van der Waals surface area contributed by atoms with Gasteiger partial charge in [-0.1, -0.05) is 24.3 Å². The summed E-state index contributed by atoms with van der Waals surface area (Å²) in [5.41, 5.74) is 4.68. The second kappa shape index (κ2) is 4.37. The zero-order valence-corrected chi connectivity index (χ0v) is 10.6. The average Bonchev–Trinajstić information content (AvgIpc) is 2.85. The molecule has 2 aromatic rings. The minimum atomic E-state index is 0.874. The minimum absolute atomic E-state index is 0.874. The second-order valence-electron chi connectivity index (χ2n) is 4.49. The highest BCUT2D eigenvalue weighted by Gasteiger charge is 2.20. The number of rotatable bonds is 2. The van der Waals surface area contributed by atoms with E-state index in [9.17, 15) is 0 Å². The van der Waals surface area contributed by atoms with Crippen LogP contribution in [0.3, 0.4) is 0 Å². The number of benzene rings is 2. The Balaban J connectivity index is 2.23. The lowest BCUT2D eigenvalue weighted by Crippen LogP contribution is -1.91. The van der Waals surface area contributed by atoms with Crippen molar-refractivity contribution in [3.63, 3.8) is 0 Å². The fourth-order valence-electron chi connectivity index (χ4n) is 2.42. The summed E-state index contributed by atoms with van der Waals surface area (Å²) < 4.78 is 11.1. The molecule has 1 heterocycles. The number of aryl methyl sites for hydroxylation is 1. The van der Waals surface area contributed by atoms with Gasteiger partial charge in [0.05, 0.1) is 7.11 Å². The highest BCUT2D eigenvalue weighted by Crippen LogP contribution is 2.42. The van der Waals surface area contributed by atoms with Crippen molar-refractivity contribution in [3.8, 4) is 22.6 Å². The van der Waals surface area contributed by atoms with Crippen molar-refractivity contribution in [1.29, 1.82) is 0 Å². The summed E-state index contributed by atoms with van der Waals surface area (Å²) in [6.45, 7) is 3.96. The molecular weight excluding hydrogens is 224 g/mol. The largest absolute Gasteiger partial charge is 0.496 e. The molecule has 0 spiro atoms. The van der Waals surface area contributed by atoms with Crippen LogP contribution in [0.15, 0.2) is 36.4 Å². The lowest BCUT2D eigenvalue weighted by molar-refractivity contribution is 0.415. The molecule has 91 valence electrons. The van der Waals surface area contributed by atoms with Crippen LogP contribution in [0, 0.1) is 13.5 Å². The van der Waals surface area contributed by atoms with E-state index in [0.29, 0.717) is 0 Å². The maximum absolute atomic E-state index is 5.66. The van der Waals surface area contributed by atoms with Crippen LogP contribution in [0.4, 0.5) is 0 Å². The number of para-hydroxylation sites is 1. The molecule has 18 heavy (non-hydrogen) atoms. The molecule has 2 aromatic carbocycles. The molecule has 2 heteroatoms. The molecular formula is C16H15O2.